The van der Waals surface area contributed by atoms with Gasteiger partial charge in [-0.2, -0.15) is 0 Å². The number of ether oxygens (including phenoxy) is 2. The van der Waals surface area contributed by atoms with Gasteiger partial charge in [0, 0.05) is 22.0 Å². The molecule has 0 fully saturated rings. The van der Waals surface area contributed by atoms with Crippen molar-refractivity contribution in [3.63, 3.8) is 0 Å². The van der Waals surface area contributed by atoms with E-state index in [4.69, 9.17) is 9.47 Å². The fourth-order valence-electron chi connectivity index (χ4n) is 1.97. The van der Waals surface area contributed by atoms with Crippen LogP contribution in [0.25, 0.3) is 0 Å². The summed E-state index contributed by atoms with van der Waals surface area (Å²) in [6.45, 7) is 0. The molecule has 0 N–H and O–H groups in total. The summed E-state index contributed by atoms with van der Waals surface area (Å²) in [6, 6.07) is 12.9. The number of carbonyl (C=O) groups is 1. The van der Waals surface area contributed by atoms with Gasteiger partial charge >= 0.3 is 0 Å². The predicted octanol–water partition coefficient (Wildman–Crippen LogP) is 3.89. The summed E-state index contributed by atoms with van der Waals surface area (Å²) in [5.74, 6) is 1.47. The van der Waals surface area contributed by atoms with Crippen molar-refractivity contribution in [1.82, 2.24) is 0 Å². The lowest BCUT2D eigenvalue weighted by Gasteiger charge is -2.09. The molecule has 20 heavy (non-hydrogen) atoms. The maximum Gasteiger partial charge on any atom is 0.168 e. The third-order valence-corrected chi connectivity index (χ3v) is 3.68. The minimum absolute atomic E-state index is 0.0315. The molecule has 0 heterocycles. The molecule has 0 aliphatic heterocycles. The van der Waals surface area contributed by atoms with E-state index in [-0.39, 0.29) is 5.78 Å². The fourth-order valence-corrected chi connectivity index (χ4v) is 2.55. The minimum atomic E-state index is 0.0315. The molecule has 0 aliphatic rings. The molecule has 0 aliphatic carbocycles. The SMILES string of the molecule is COc1ccc(C(=O)Cc2ccccc2OC)c(Br)c1. The Labute approximate surface area is 126 Å². The number of carbonyl (C=O) groups excluding carboxylic acids is 1. The molecule has 0 radical (unpaired) electrons. The normalized spacial score (nSPS) is 10.2. The number of hydrogen-bond acceptors (Lipinski definition) is 3. The van der Waals surface area contributed by atoms with Gasteiger partial charge in [0.05, 0.1) is 14.2 Å². The number of halogens is 1. The third kappa shape index (κ3) is 3.20. The molecule has 0 atom stereocenters. The topological polar surface area (TPSA) is 35.5 Å². The first-order chi connectivity index (χ1) is 9.65. The summed E-state index contributed by atoms with van der Waals surface area (Å²) in [5.41, 5.74) is 1.51. The predicted molar refractivity (Wildman–Crippen MR) is 81.7 cm³/mol. The molecular weight excluding hydrogens is 320 g/mol. The van der Waals surface area contributed by atoms with Gasteiger partial charge in [0.1, 0.15) is 11.5 Å². The van der Waals surface area contributed by atoms with Crippen molar-refractivity contribution in [2.75, 3.05) is 14.2 Å². The Morgan fingerprint density at radius 3 is 2.50 bits per heavy atom. The van der Waals surface area contributed by atoms with Crippen LogP contribution in [0.4, 0.5) is 0 Å². The molecule has 104 valence electrons. The van der Waals surface area contributed by atoms with Crippen LogP contribution in [0.5, 0.6) is 11.5 Å². The van der Waals surface area contributed by atoms with Crippen molar-refractivity contribution in [2.24, 2.45) is 0 Å². The molecular formula is C16H15BrO3. The van der Waals surface area contributed by atoms with Gasteiger partial charge < -0.3 is 9.47 Å². The highest BCUT2D eigenvalue weighted by Crippen LogP contribution is 2.26. The Balaban J connectivity index is 2.24. The zero-order valence-electron chi connectivity index (χ0n) is 11.4. The molecule has 4 heteroatoms. The zero-order valence-corrected chi connectivity index (χ0v) is 12.9. The molecule has 0 unspecified atom stereocenters. The quantitative estimate of drug-likeness (QED) is 0.778. The van der Waals surface area contributed by atoms with Gasteiger partial charge in [-0.1, -0.05) is 18.2 Å². The minimum Gasteiger partial charge on any atom is -0.497 e. The molecule has 0 bridgehead atoms. The second kappa shape index (κ2) is 6.57. The van der Waals surface area contributed by atoms with Gasteiger partial charge in [-0.3, -0.25) is 4.79 Å². The number of rotatable bonds is 5. The van der Waals surface area contributed by atoms with Crippen molar-refractivity contribution in [3.8, 4) is 11.5 Å². The van der Waals surface area contributed by atoms with Crippen LogP contribution >= 0.6 is 15.9 Å². The molecule has 0 aromatic heterocycles. The van der Waals surface area contributed by atoms with Crippen LogP contribution in [0.2, 0.25) is 0 Å². The molecule has 2 aromatic carbocycles. The lowest BCUT2D eigenvalue weighted by atomic mass is 10.0. The molecule has 3 nitrogen and oxygen atoms in total. The number of benzene rings is 2. The summed E-state index contributed by atoms with van der Waals surface area (Å²) < 4.78 is 11.1. The summed E-state index contributed by atoms with van der Waals surface area (Å²) in [6.07, 6.45) is 0.301. The van der Waals surface area contributed by atoms with E-state index in [2.05, 4.69) is 15.9 Å². The first-order valence-electron chi connectivity index (χ1n) is 6.14. The van der Waals surface area contributed by atoms with Gasteiger partial charge in [-0.15, -0.1) is 0 Å². The number of Topliss-reactive ketones (excluding diaryl/α,β-unsaturated/α-hetero) is 1. The average Bonchev–Trinajstić information content (AvgIpc) is 2.47. The molecule has 2 rings (SSSR count). The van der Waals surface area contributed by atoms with Crippen LogP contribution in [0.1, 0.15) is 15.9 Å². The van der Waals surface area contributed by atoms with E-state index < -0.39 is 0 Å². The number of ketones is 1. The van der Waals surface area contributed by atoms with Crippen LogP contribution in [0, 0.1) is 0 Å². The van der Waals surface area contributed by atoms with E-state index in [1.54, 1.807) is 32.4 Å². The highest BCUT2D eigenvalue weighted by atomic mass is 79.9. The molecule has 0 saturated carbocycles. The van der Waals surface area contributed by atoms with E-state index in [0.717, 1.165) is 15.8 Å². The first kappa shape index (κ1) is 14.6. The van der Waals surface area contributed by atoms with Gasteiger partial charge in [0.2, 0.25) is 0 Å². The van der Waals surface area contributed by atoms with E-state index in [1.165, 1.54) is 0 Å². The van der Waals surface area contributed by atoms with E-state index in [9.17, 15) is 4.79 Å². The lowest BCUT2D eigenvalue weighted by molar-refractivity contribution is 0.0991. The van der Waals surface area contributed by atoms with Gasteiger partial charge in [0.25, 0.3) is 0 Å². The standard InChI is InChI=1S/C16H15BrO3/c1-19-12-7-8-13(14(17)10-12)15(18)9-11-5-3-4-6-16(11)20-2/h3-8,10H,9H2,1-2H3. The van der Waals surface area contributed by atoms with E-state index >= 15 is 0 Å². The van der Waals surface area contributed by atoms with Gasteiger partial charge in [-0.05, 0) is 40.2 Å². The van der Waals surface area contributed by atoms with Crippen LogP contribution in [0.3, 0.4) is 0 Å². The Morgan fingerprint density at radius 2 is 1.85 bits per heavy atom. The number of methoxy groups -OCH3 is 2. The van der Waals surface area contributed by atoms with E-state index in [0.29, 0.717) is 17.7 Å². The summed E-state index contributed by atoms with van der Waals surface area (Å²) in [5, 5.41) is 0. The summed E-state index contributed by atoms with van der Waals surface area (Å²) >= 11 is 3.41. The molecule has 2 aromatic rings. The largest absolute Gasteiger partial charge is 0.497 e. The van der Waals surface area contributed by atoms with Crippen molar-refractivity contribution in [2.45, 2.75) is 6.42 Å². The Hall–Kier alpha value is -1.81. The van der Waals surface area contributed by atoms with Crippen LogP contribution in [-0.2, 0) is 6.42 Å². The summed E-state index contributed by atoms with van der Waals surface area (Å²) in [7, 11) is 3.20. The Morgan fingerprint density at radius 1 is 1.10 bits per heavy atom. The highest BCUT2D eigenvalue weighted by Gasteiger charge is 2.13. The zero-order chi connectivity index (χ0) is 14.5. The lowest BCUT2D eigenvalue weighted by Crippen LogP contribution is -2.06. The maximum absolute atomic E-state index is 12.4. The van der Waals surface area contributed by atoms with Crippen LogP contribution < -0.4 is 9.47 Å². The summed E-state index contributed by atoms with van der Waals surface area (Å²) in [4.78, 5) is 12.4. The average molecular weight is 335 g/mol. The van der Waals surface area contributed by atoms with Crippen molar-refractivity contribution < 1.29 is 14.3 Å². The molecule has 0 amide bonds. The number of para-hydroxylation sites is 1. The van der Waals surface area contributed by atoms with Gasteiger partial charge in [-0.25, -0.2) is 0 Å². The van der Waals surface area contributed by atoms with Crippen molar-refractivity contribution in [3.05, 3.63) is 58.1 Å². The third-order valence-electron chi connectivity index (χ3n) is 3.02. The van der Waals surface area contributed by atoms with Gasteiger partial charge in [0.15, 0.2) is 5.78 Å². The fraction of sp³-hybridized carbons (Fsp3) is 0.188. The number of hydrogen-bond donors (Lipinski definition) is 0. The van der Waals surface area contributed by atoms with Crippen molar-refractivity contribution >= 4 is 21.7 Å². The Bertz CT molecular complexity index is 623. The van der Waals surface area contributed by atoms with Crippen molar-refractivity contribution in [1.29, 1.82) is 0 Å². The second-order valence-electron chi connectivity index (χ2n) is 4.26. The Kier molecular flexibility index (Phi) is 4.79. The maximum atomic E-state index is 12.4. The second-order valence-corrected chi connectivity index (χ2v) is 5.11. The van der Waals surface area contributed by atoms with E-state index in [1.807, 2.05) is 24.3 Å². The smallest absolute Gasteiger partial charge is 0.168 e. The first-order valence-corrected chi connectivity index (χ1v) is 6.93. The highest BCUT2D eigenvalue weighted by molar-refractivity contribution is 9.10. The monoisotopic (exact) mass is 334 g/mol. The molecule has 0 spiro atoms. The van der Waals surface area contributed by atoms with Crippen LogP contribution in [-0.4, -0.2) is 20.0 Å². The molecule has 0 saturated heterocycles. The van der Waals surface area contributed by atoms with Crippen LogP contribution in [0.15, 0.2) is 46.9 Å².